The Morgan fingerprint density at radius 3 is 2.50 bits per heavy atom. The highest BCUT2D eigenvalue weighted by molar-refractivity contribution is 7.99. The van der Waals surface area contributed by atoms with E-state index >= 15 is 0 Å². The summed E-state index contributed by atoms with van der Waals surface area (Å²) in [5, 5.41) is 1.49. The van der Waals surface area contributed by atoms with Crippen molar-refractivity contribution in [1.29, 1.82) is 0 Å². The summed E-state index contributed by atoms with van der Waals surface area (Å²) < 4.78 is 16.3. The molecule has 2 aliphatic rings. The SMILES string of the molecule is CC(C)(C)[S@@+]([O-])NC1c2ccccc2C[C@]12CC[C@@H](c1cnc(Sc3ccnc(Cl)c3Cl)cn1)CC2. The summed E-state index contributed by atoms with van der Waals surface area (Å²) in [6.45, 7) is 6.08. The zero-order valence-corrected chi connectivity index (χ0v) is 23.8. The predicted octanol–water partition coefficient (Wildman–Crippen LogP) is 7.32. The maximum absolute atomic E-state index is 13.1. The lowest BCUT2D eigenvalue weighted by Gasteiger charge is -2.42. The number of pyridine rings is 1. The highest BCUT2D eigenvalue weighted by atomic mass is 35.5. The van der Waals surface area contributed by atoms with E-state index in [-0.39, 0.29) is 21.4 Å². The van der Waals surface area contributed by atoms with E-state index in [1.807, 2.05) is 39.2 Å². The summed E-state index contributed by atoms with van der Waals surface area (Å²) in [5.74, 6) is 0.374. The minimum atomic E-state index is -1.13. The van der Waals surface area contributed by atoms with Crippen molar-refractivity contribution in [1.82, 2.24) is 19.7 Å². The predicted molar refractivity (Wildman–Crippen MR) is 148 cm³/mol. The van der Waals surface area contributed by atoms with E-state index in [0.717, 1.165) is 47.7 Å². The number of aromatic nitrogens is 3. The van der Waals surface area contributed by atoms with E-state index in [1.54, 1.807) is 6.20 Å². The van der Waals surface area contributed by atoms with Crippen LogP contribution in [-0.4, -0.2) is 24.3 Å². The Labute approximate surface area is 230 Å². The van der Waals surface area contributed by atoms with E-state index in [1.165, 1.54) is 22.9 Å². The maximum atomic E-state index is 13.1. The second kappa shape index (κ2) is 10.4. The summed E-state index contributed by atoms with van der Waals surface area (Å²) >= 11 is 12.6. The number of nitrogens with zero attached hydrogens (tertiary/aromatic N) is 3. The van der Waals surface area contributed by atoms with Gasteiger partial charge in [0.1, 0.15) is 14.9 Å². The van der Waals surface area contributed by atoms with Gasteiger partial charge in [-0.2, -0.15) is 0 Å². The van der Waals surface area contributed by atoms with Gasteiger partial charge in [-0.25, -0.2) is 9.97 Å². The first kappa shape index (κ1) is 26.3. The van der Waals surface area contributed by atoms with Crippen LogP contribution in [0.15, 0.2) is 58.8 Å². The second-order valence-corrected chi connectivity index (χ2v) is 14.5. The summed E-state index contributed by atoms with van der Waals surface area (Å²) in [6, 6.07) is 10.6. The van der Waals surface area contributed by atoms with Crippen molar-refractivity contribution in [2.75, 3.05) is 0 Å². The van der Waals surface area contributed by atoms with E-state index in [2.05, 4.69) is 39.0 Å². The molecule has 1 spiro atoms. The monoisotopic (exact) mass is 560 g/mol. The Morgan fingerprint density at radius 1 is 1.06 bits per heavy atom. The van der Waals surface area contributed by atoms with Crippen molar-refractivity contribution in [3.05, 3.63) is 75.9 Å². The molecule has 2 atom stereocenters. The number of halogens is 2. The lowest BCUT2D eigenvalue weighted by Crippen LogP contribution is -2.46. The second-order valence-electron chi connectivity index (χ2n) is 10.7. The molecule has 5 nitrogen and oxygen atoms in total. The fourth-order valence-corrected chi connectivity index (χ4v) is 7.53. The fraction of sp³-hybridized carbons (Fsp3) is 0.444. The highest BCUT2D eigenvalue weighted by Gasteiger charge is 2.50. The first-order valence-corrected chi connectivity index (χ1v) is 14.9. The van der Waals surface area contributed by atoms with Crippen LogP contribution >= 0.6 is 35.0 Å². The third-order valence-electron chi connectivity index (χ3n) is 7.38. The molecule has 2 aliphatic carbocycles. The first-order valence-electron chi connectivity index (χ1n) is 12.2. The molecular weight excluding hydrogens is 531 g/mol. The number of hydrogen-bond donors (Lipinski definition) is 1. The van der Waals surface area contributed by atoms with Gasteiger partial charge in [-0.05, 0) is 75.5 Å². The molecule has 9 heteroatoms. The zero-order chi connectivity index (χ0) is 25.5. The Hall–Kier alpha value is -1.35. The molecule has 36 heavy (non-hydrogen) atoms. The number of fused-ring (bicyclic) bond motifs is 1. The van der Waals surface area contributed by atoms with Gasteiger partial charge in [0.25, 0.3) is 0 Å². The average molecular weight is 562 g/mol. The Morgan fingerprint density at radius 2 is 1.81 bits per heavy atom. The van der Waals surface area contributed by atoms with Crippen molar-refractivity contribution in [2.24, 2.45) is 5.41 Å². The van der Waals surface area contributed by atoms with E-state index in [9.17, 15) is 4.55 Å². The van der Waals surface area contributed by atoms with E-state index in [0.29, 0.717) is 10.9 Å². The van der Waals surface area contributed by atoms with Crippen LogP contribution in [0.4, 0.5) is 0 Å². The van der Waals surface area contributed by atoms with Gasteiger partial charge in [0, 0.05) is 28.4 Å². The van der Waals surface area contributed by atoms with Crippen molar-refractivity contribution in [3.63, 3.8) is 0 Å². The topological polar surface area (TPSA) is 73.8 Å². The van der Waals surface area contributed by atoms with Crippen molar-refractivity contribution in [2.45, 2.75) is 79.5 Å². The lowest BCUT2D eigenvalue weighted by atomic mass is 9.66. The van der Waals surface area contributed by atoms with Gasteiger partial charge in [-0.3, -0.25) is 4.98 Å². The molecule has 2 aromatic heterocycles. The molecule has 1 N–H and O–H groups in total. The zero-order valence-electron chi connectivity index (χ0n) is 20.6. The minimum absolute atomic E-state index is 0.0850. The van der Waals surface area contributed by atoms with Gasteiger partial charge in [-0.15, -0.1) is 4.72 Å². The molecule has 2 heterocycles. The van der Waals surface area contributed by atoms with Gasteiger partial charge in [0.2, 0.25) is 0 Å². The molecule has 0 saturated heterocycles. The fourth-order valence-electron chi connectivity index (χ4n) is 5.40. The van der Waals surface area contributed by atoms with Gasteiger partial charge in [0.15, 0.2) is 0 Å². The highest BCUT2D eigenvalue weighted by Crippen LogP contribution is 2.56. The van der Waals surface area contributed by atoms with Crippen LogP contribution in [0.1, 0.15) is 75.2 Å². The van der Waals surface area contributed by atoms with E-state index < -0.39 is 11.4 Å². The first-order chi connectivity index (χ1) is 17.2. The third-order valence-corrected chi connectivity index (χ3v) is 10.8. The Bertz CT molecular complexity index is 1230. The van der Waals surface area contributed by atoms with Crippen molar-refractivity contribution < 1.29 is 4.55 Å². The van der Waals surface area contributed by atoms with Crippen LogP contribution in [0.2, 0.25) is 10.2 Å². The summed E-state index contributed by atoms with van der Waals surface area (Å²) in [7, 11) is 0. The Balaban J connectivity index is 1.29. The number of hydrogen-bond acceptors (Lipinski definition) is 6. The van der Waals surface area contributed by atoms with Crippen LogP contribution < -0.4 is 4.72 Å². The minimum Gasteiger partial charge on any atom is -0.598 e. The Kier molecular flexibility index (Phi) is 7.61. The number of benzene rings is 1. The molecule has 0 bridgehead atoms. The van der Waals surface area contributed by atoms with Crippen LogP contribution in [0.5, 0.6) is 0 Å². The molecule has 1 aromatic carbocycles. The molecule has 0 amide bonds. The number of rotatable bonds is 5. The lowest BCUT2D eigenvalue weighted by molar-refractivity contribution is 0.139. The summed E-state index contributed by atoms with van der Waals surface area (Å²) in [5.41, 5.74) is 3.81. The molecule has 1 fully saturated rings. The normalized spacial score (nSPS) is 24.6. The van der Waals surface area contributed by atoms with Crippen LogP contribution in [0.25, 0.3) is 0 Å². The quantitative estimate of drug-likeness (QED) is 0.260. The maximum Gasteiger partial charge on any atom is 0.148 e. The van der Waals surface area contributed by atoms with Crippen molar-refractivity contribution >= 4 is 46.3 Å². The average Bonchev–Trinajstić information content (AvgIpc) is 3.15. The molecule has 1 unspecified atom stereocenters. The van der Waals surface area contributed by atoms with Gasteiger partial charge >= 0.3 is 0 Å². The van der Waals surface area contributed by atoms with Crippen molar-refractivity contribution in [3.8, 4) is 0 Å². The van der Waals surface area contributed by atoms with Crippen LogP contribution in [0.3, 0.4) is 0 Å². The van der Waals surface area contributed by atoms with E-state index in [4.69, 9.17) is 28.2 Å². The molecular formula is C27H30Cl2N4OS2. The van der Waals surface area contributed by atoms with Gasteiger partial charge in [0.05, 0.1) is 29.2 Å². The molecule has 190 valence electrons. The summed E-state index contributed by atoms with van der Waals surface area (Å²) in [6.07, 6.45) is 10.6. The molecule has 3 aromatic rings. The number of nitrogens with one attached hydrogen (secondary N) is 1. The molecule has 0 aliphatic heterocycles. The molecule has 1 saturated carbocycles. The van der Waals surface area contributed by atoms with Crippen LogP contribution in [-0.2, 0) is 17.8 Å². The smallest absolute Gasteiger partial charge is 0.148 e. The molecule has 5 rings (SSSR count). The van der Waals surface area contributed by atoms with Gasteiger partial charge in [-0.1, -0.05) is 59.2 Å². The van der Waals surface area contributed by atoms with Crippen LogP contribution in [0, 0.1) is 5.41 Å². The van der Waals surface area contributed by atoms with Gasteiger partial charge < -0.3 is 4.55 Å². The summed E-state index contributed by atoms with van der Waals surface area (Å²) in [4.78, 5) is 14.2. The largest absolute Gasteiger partial charge is 0.598 e. The standard InChI is InChI=1S/C27H30Cl2N4OS2/c1-26(2,3)36(34)33-24-19-7-5-4-6-18(19)14-27(24)11-8-17(9-12-27)20-15-32-22(16-31-20)35-21-10-13-30-25(29)23(21)28/h4-7,10,13,15-17,24,33H,8-9,11-12,14H2,1-3H3/t17-,24?,27-,36-/m1/s1. The third kappa shape index (κ3) is 5.29. The molecule has 0 radical (unpaired) electrons.